The monoisotopic (exact) mass is 326 g/mol. The van der Waals surface area contributed by atoms with Crippen molar-refractivity contribution in [3.05, 3.63) is 35.9 Å². The van der Waals surface area contributed by atoms with E-state index in [2.05, 4.69) is 10.5 Å². The second-order valence-electron chi connectivity index (χ2n) is 5.20. The molecular formula is C15H13F3N2O3. The molecule has 5 nitrogen and oxygen atoms in total. The minimum Gasteiger partial charge on any atom is -0.381 e. The lowest BCUT2D eigenvalue weighted by Gasteiger charge is -2.06. The predicted molar refractivity (Wildman–Crippen MR) is 74.5 cm³/mol. The predicted octanol–water partition coefficient (Wildman–Crippen LogP) is 3.34. The molecule has 0 bridgehead atoms. The van der Waals surface area contributed by atoms with E-state index in [0.717, 1.165) is 12.1 Å². The van der Waals surface area contributed by atoms with Crippen LogP contribution in [0.15, 0.2) is 34.9 Å². The first kappa shape index (κ1) is 15.5. The Morgan fingerprint density at radius 1 is 1.26 bits per heavy atom. The Labute approximate surface area is 129 Å². The molecule has 2 aromatic rings. The van der Waals surface area contributed by atoms with Crippen LogP contribution in [0.5, 0.6) is 0 Å². The number of rotatable bonds is 3. The van der Waals surface area contributed by atoms with E-state index in [1.54, 1.807) is 0 Å². The lowest BCUT2D eigenvalue weighted by molar-refractivity contribution is -0.137. The number of amides is 1. The largest absolute Gasteiger partial charge is 0.416 e. The van der Waals surface area contributed by atoms with Gasteiger partial charge >= 0.3 is 6.18 Å². The van der Waals surface area contributed by atoms with Gasteiger partial charge in [-0.3, -0.25) is 10.1 Å². The van der Waals surface area contributed by atoms with Crippen LogP contribution in [-0.4, -0.2) is 24.3 Å². The molecule has 0 spiro atoms. The van der Waals surface area contributed by atoms with Crippen molar-refractivity contribution in [3.8, 4) is 11.3 Å². The van der Waals surface area contributed by atoms with Gasteiger partial charge in [0.05, 0.1) is 18.1 Å². The maximum atomic E-state index is 12.5. The van der Waals surface area contributed by atoms with Crippen molar-refractivity contribution in [2.24, 2.45) is 5.92 Å². The summed E-state index contributed by atoms with van der Waals surface area (Å²) in [5.41, 5.74) is 0.0719. The topological polar surface area (TPSA) is 64.4 Å². The molecule has 122 valence electrons. The van der Waals surface area contributed by atoms with E-state index in [1.165, 1.54) is 18.2 Å². The normalized spacial score (nSPS) is 18.1. The van der Waals surface area contributed by atoms with Gasteiger partial charge in [-0.2, -0.15) is 13.2 Å². The summed E-state index contributed by atoms with van der Waals surface area (Å²) in [6, 6.07) is 6.01. The summed E-state index contributed by atoms with van der Waals surface area (Å²) in [4.78, 5) is 11.9. The molecule has 23 heavy (non-hydrogen) atoms. The third kappa shape index (κ3) is 3.53. The summed E-state index contributed by atoms with van der Waals surface area (Å²) in [6.45, 7) is 0.914. The smallest absolute Gasteiger partial charge is 0.381 e. The molecule has 0 saturated carbocycles. The lowest BCUT2D eigenvalue weighted by Crippen LogP contribution is -2.22. The Hall–Kier alpha value is -2.35. The van der Waals surface area contributed by atoms with Gasteiger partial charge in [0, 0.05) is 18.2 Å². The summed E-state index contributed by atoms with van der Waals surface area (Å²) < 4.78 is 47.7. The highest BCUT2D eigenvalue weighted by Gasteiger charge is 2.30. The van der Waals surface area contributed by atoms with Crippen molar-refractivity contribution in [3.63, 3.8) is 0 Å². The minimum absolute atomic E-state index is 0.150. The third-order valence-electron chi connectivity index (χ3n) is 3.57. The highest BCUT2D eigenvalue weighted by atomic mass is 19.4. The zero-order valence-corrected chi connectivity index (χ0v) is 11.9. The fraction of sp³-hybridized carbons (Fsp3) is 0.333. The molecule has 1 aromatic heterocycles. The van der Waals surface area contributed by atoms with Crippen LogP contribution in [0.25, 0.3) is 11.3 Å². The van der Waals surface area contributed by atoms with Crippen LogP contribution in [0, 0.1) is 5.92 Å². The highest BCUT2D eigenvalue weighted by Crippen LogP contribution is 2.31. The van der Waals surface area contributed by atoms with Gasteiger partial charge in [-0.25, -0.2) is 0 Å². The van der Waals surface area contributed by atoms with Gasteiger partial charge in [0.25, 0.3) is 0 Å². The number of hydrogen-bond donors (Lipinski definition) is 1. The Balaban J connectivity index is 1.70. The highest BCUT2D eigenvalue weighted by molar-refractivity contribution is 5.92. The Morgan fingerprint density at radius 2 is 2.00 bits per heavy atom. The molecule has 1 N–H and O–H groups in total. The zero-order chi connectivity index (χ0) is 16.4. The van der Waals surface area contributed by atoms with Crippen LogP contribution in [0.4, 0.5) is 19.1 Å². The first-order valence-corrected chi connectivity index (χ1v) is 6.96. The number of anilines is 1. The van der Waals surface area contributed by atoms with Gasteiger partial charge in [-0.15, -0.1) is 0 Å². The van der Waals surface area contributed by atoms with E-state index in [-0.39, 0.29) is 17.7 Å². The summed E-state index contributed by atoms with van der Waals surface area (Å²) >= 11 is 0. The van der Waals surface area contributed by atoms with Crippen molar-refractivity contribution >= 4 is 11.8 Å². The van der Waals surface area contributed by atoms with Crippen LogP contribution in [0.3, 0.4) is 0 Å². The van der Waals surface area contributed by atoms with E-state index in [1.807, 2.05) is 0 Å². The van der Waals surface area contributed by atoms with Gasteiger partial charge in [0.15, 0.2) is 0 Å². The summed E-state index contributed by atoms with van der Waals surface area (Å²) in [5.74, 6) is -0.302. The molecule has 3 rings (SSSR count). The minimum atomic E-state index is -4.38. The average molecular weight is 326 g/mol. The molecule has 2 heterocycles. The molecule has 8 heteroatoms. The van der Waals surface area contributed by atoms with Crippen LogP contribution in [0.1, 0.15) is 12.0 Å². The fourth-order valence-corrected chi connectivity index (χ4v) is 2.26. The second kappa shape index (κ2) is 6.04. The number of ether oxygens (including phenoxy) is 1. The molecule has 1 unspecified atom stereocenters. The van der Waals surface area contributed by atoms with Gasteiger partial charge < -0.3 is 9.26 Å². The van der Waals surface area contributed by atoms with Gasteiger partial charge in [0.1, 0.15) is 5.69 Å². The van der Waals surface area contributed by atoms with Crippen molar-refractivity contribution in [2.75, 3.05) is 18.5 Å². The molecule has 1 amide bonds. The quantitative estimate of drug-likeness (QED) is 0.939. The number of nitrogens with zero attached hydrogens (tertiary/aromatic N) is 1. The average Bonchev–Trinajstić information content (AvgIpc) is 3.18. The van der Waals surface area contributed by atoms with Crippen LogP contribution in [0.2, 0.25) is 0 Å². The SMILES string of the molecule is O=C(Nc1cc(-c2ccc(C(F)(F)F)cc2)no1)C1CCOC1. The van der Waals surface area contributed by atoms with Gasteiger partial charge in [-0.1, -0.05) is 17.3 Å². The zero-order valence-electron chi connectivity index (χ0n) is 11.9. The first-order chi connectivity index (χ1) is 10.9. The van der Waals surface area contributed by atoms with E-state index in [4.69, 9.17) is 9.26 Å². The number of halogens is 3. The molecule has 1 saturated heterocycles. The van der Waals surface area contributed by atoms with Gasteiger partial charge in [0.2, 0.25) is 11.8 Å². The molecular weight excluding hydrogens is 313 g/mol. The fourth-order valence-electron chi connectivity index (χ4n) is 2.26. The molecule has 0 radical (unpaired) electrons. The van der Waals surface area contributed by atoms with Crippen LogP contribution < -0.4 is 5.32 Å². The molecule has 1 atom stereocenters. The number of hydrogen-bond acceptors (Lipinski definition) is 4. The maximum Gasteiger partial charge on any atom is 0.416 e. The number of carbonyl (C=O) groups is 1. The first-order valence-electron chi connectivity index (χ1n) is 6.96. The third-order valence-corrected chi connectivity index (χ3v) is 3.57. The standard InChI is InChI=1S/C15H13F3N2O3/c16-15(17,18)11-3-1-9(2-4-11)12-7-13(23-20-12)19-14(21)10-5-6-22-8-10/h1-4,7,10H,5-6,8H2,(H,19,21). The van der Waals surface area contributed by atoms with E-state index in [9.17, 15) is 18.0 Å². The summed E-state index contributed by atoms with van der Waals surface area (Å²) in [7, 11) is 0. The summed E-state index contributed by atoms with van der Waals surface area (Å²) in [6.07, 6.45) is -3.74. The van der Waals surface area contributed by atoms with E-state index >= 15 is 0 Å². The number of alkyl halides is 3. The van der Waals surface area contributed by atoms with E-state index in [0.29, 0.717) is 30.9 Å². The molecule has 1 aliphatic rings. The molecule has 1 aromatic carbocycles. The van der Waals surface area contributed by atoms with Gasteiger partial charge in [-0.05, 0) is 18.6 Å². The van der Waals surface area contributed by atoms with Crippen molar-refractivity contribution < 1.29 is 27.2 Å². The maximum absolute atomic E-state index is 12.5. The molecule has 1 aliphatic heterocycles. The lowest BCUT2D eigenvalue weighted by atomic mass is 10.1. The van der Waals surface area contributed by atoms with Crippen molar-refractivity contribution in [2.45, 2.75) is 12.6 Å². The van der Waals surface area contributed by atoms with Crippen LogP contribution in [-0.2, 0) is 15.7 Å². The van der Waals surface area contributed by atoms with Crippen molar-refractivity contribution in [1.29, 1.82) is 0 Å². The van der Waals surface area contributed by atoms with E-state index < -0.39 is 11.7 Å². The number of nitrogens with one attached hydrogen (secondary N) is 1. The Bertz CT molecular complexity index is 689. The molecule has 1 fully saturated rings. The number of carbonyl (C=O) groups excluding carboxylic acids is 1. The molecule has 0 aliphatic carbocycles. The Kier molecular flexibility index (Phi) is 4.08. The van der Waals surface area contributed by atoms with Crippen molar-refractivity contribution in [1.82, 2.24) is 5.16 Å². The summed E-state index contributed by atoms with van der Waals surface area (Å²) in [5, 5.41) is 6.34. The number of aromatic nitrogens is 1. The van der Waals surface area contributed by atoms with Crippen LogP contribution >= 0.6 is 0 Å². The number of benzene rings is 1. The Morgan fingerprint density at radius 3 is 2.61 bits per heavy atom. The second-order valence-corrected chi connectivity index (χ2v) is 5.20.